The van der Waals surface area contributed by atoms with E-state index in [1.165, 1.54) is 11.8 Å². The van der Waals surface area contributed by atoms with Gasteiger partial charge in [0.2, 0.25) is 11.1 Å². The molecule has 24 heavy (non-hydrogen) atoms. The van der Waals surface area contributed by atoms with Crippen LogP contribution in [0.15, 0.2) is 35.5 Å². The van der Waals surface area contributed by atoms with E-state index in [4.69, 9.17) is 4.74 Å². The molecule has 0 bridgehead atoms. The third kappa shape index (κ3) is 3.93. The normalized spacial score (nSPS) is 18.5. The lowest BCUT2D eigenvalue weighted by Crippen LogP contribution is -2.27. The van der Waals surface area contributed by atoms with Crippen molar-refractivity contribution in [3.8, 4) is 0 Å². The summed E-state index contributed by atoms with van der Waals surface area (Å²) in [6.07, 6.45) is 2.23. The maximum atomic E-state index is 12.6. The lowest BCUT2D eigenvalue weighted by molar-refractivity contribution is -0.128. The van der Waals surface area contributed by atoms with Crippen LogP contribution in [0.4, 0.5) is 0 Å². The van der Waals surface area contributed by atoms with Crippen LogP contribution in [0.1, 0.15) is 23.7 Å². The van der Waals surface area contributed by atoms with E-state index in [1.54, 1.807) is 23.7 Å². The first kappa shape index (κ1) is 16.9. The molecule has 7 nitrogen and oxygen atoms in total. The van der Waals surface area contributed by atoms with Gasteiger partial charge in [0.1, 0.15) is 5.25 Å². The SMILES string of the molecule is CN(C)C(=O)C(Sc1nnnn1CC1CCCO1)c1ccccc1. The van der Waals surface area contributed by atoms with Gasteiger partial charge in [-0.3, -0.25) is 4.79 Å². The average Bonchev–Trinajstić information content (AvgIpc) is 3.25. The zero-order chi connectivity index (χ0) is 16.9. The topological polar surface area (TPSA) is 73.1 Å². The fraction of sp³-hybridized carbons (Fsp3) is 0.500. The number of carbonyl (C=O) groups is 1. The highest BCUT2D eigenvalue weighted by Crippen LogP contribution is 2.35. The first-order valence-electron chi connectivity index (χ1n) is 7.95. The van der Waals surface area contributed by atoms with Crippen LogP contribution in [0.25, 0.3) is 0 Å². The number of thioether (sulfide) groups is 1. The molecule has 1 fully saturated rings. The van der Waals surface area contributed by atoms with Crippen LogP contribution in [-0.4, -0.2) is 57.8 Å². The quantitative estimate of drug-likeness (QED) is 0.742. The Hall–Kier alpha value is -1.93. The van der Waals surface area contributed by atoms with Gasteiger partial charge < -0.3 is 9.64 Å². The number of aromatic nitrogens is 4. The van der Waals surface area contributed by atoms with Crippen molar-refractivity contribution in [2.75, 3.05) is 20.7 Å². The van der Waals surface area contributed by atoms with E-state index < -0.39 is 0 Å². The highest BCUT2D eigenvalue weighted by Gasteiger charge is 2.27. The Morgan fingerprint density at radius 2 is 2.21 bits per heavy atom. The van der Waals surface area contributed by atoms with Gasteiger partial charge in [-0.05, 0) is 28.8 Å². The van der Waals surface area contributed by atoms with Crippen molar-refractivity contribution >= 4 is 17.7 Å². The molecule has 1 aliphatic heterocycles. The number of carbonyl (C=O) groups excluding carboxylic acids is 1. The molecule has 0 aliphatic carbocycles. The summed E-state index contributed by atoms with van der Waals surface area (Å²) in [4.78, 5) is 14.2. The lowest BCUT2D eigenvalue weighted by atomic mass is 10.1. The molecule has 128 valence electrons. The summed E-state index contributed by atoms with van der Waals surface area (Å²) in [6.45, 7) is 1.41. The van der Waals surface area contributed by atoms with Crippen molar-refractivity contribution in [3.05, 3.63) is 35.9 Å². The molecule has 3 rings (SSSR count). The number of nitrogens with zero attached hydrogens (tertiary/aromatic N) is 5. The van der Waals surface area contributed by atoms with Gasteiger partial charge in [-0.15, -0.1) is 5.10 Å². The molecule has 0 radical (unpaired) electrons. The van der Waals surface area contributed by atoms with E-state index in [0.29, 0.717) is 11.7 Å². The molecule has 0 spiro atoms. The van der Waals surface area contributed by atoms with Gasteiger partial charge in [0, 0.05) is 20.7 Å². The Balaban J connectivity index is 1.80. The van der Waals surface area contributed by atoms with Gasteiger partial charge in [0.25, 0.3) is 0 Å². The Kier molecular flexibility index (Phi) is 5.47. The predicted molar refractivity (Wildman–Crippen MR) is 90.5 cm³/mol. The fourth-order valence-electron chi connectivity index (χ4n) is 2.61. The maximum absolute atomic E-state index is 12.6. The van der Waals surface area contributed by atoms with Crippen molar-refractivity contribution in [1.82, 2.24) is 25.1 Å². The van der Waals surface area contributed by atoms with Crippen LogP contribution in [0.3, 0.4) is 0 Å². The van der Waals surface area contributed by atoms with Crippen LogP contribution < -0.4 is 0 Å². The minimum atomic E-state index is -0.379. The summed E-state index contributed by atoms with van der Waals surface area (Å²) in [6, 6.07) is 9.70. The highest BCUT2D eigenvalue weighted by molar-refractivity contribution is 8.00. The number of hydrogen-bond donors (Lipinski definition) is 0. The lowest BCUT2D eigenvalue weighted by Gasteiger charge is -2.20. The smallest absolute Gasteiger partial charge is 0.240 e. The minimum absolute atomic E-state index is 0.0119. The molecule has 2 unspecified atom stereocenters. The van der Waals surface area contributed by atoms with Gasteiger partial charge in [-0.1, -0.05) is 42.1 Å². The maximum Gasteiger partial charge on any atom is 0.240 e. The third-order valence-electron chi connectivity index (χ3n) is 3.89. The Morgan fingerprint density at radius 1 is 1.42 bits per heavy atom. The number of rotatable bonds is 6. The van der Waals surface area contributed by atoms with E-state index in [9.17, 15) is 4.79 Å². The Labute approximate surface area is 145 Å². The molecule has 0 N–H and O–H groups in total. The standard InChI is InChI=1S/C16H21N5O2S/c1-20(2)15(22)14(12-7-4-3-5-8-12)24-16-17-18-19-21(16)11-13-9-6-10-23-13/h3-5,7-8,13-14H,6,9-11H2,1-2H3. The zero-order valence-corrected chi connectivity index (χ0v) is 14.6. The van der Waals surface area contributed by atoms with Crippen molar-refractivity contribution in [2.24, 2.45) is 0 Å². The zero-order valence-electron chi connectivity index (χ0n) is 13.8. The summed E-state index contributed by atoms with van der Waals surface area (Å²) in [5.74, 6) is 0.0119. The third-order valence-corrected chi connectivity index (χ3v) is 5.10. The molecule has 8 heteroatoms. The largest absolute Gasteiger partial charge is 0.376 e. The molecule has 2 atom stereocenters. The molecule has 0 saturated carbocycles. The van der Waals surface area contributed by atoms with E-state index in [2.05, 4.69) is 15.5 Å². The van der Waals surface area contributed by atoms with Gasteiger partial charge >= 0.3 is 0 Å². The molecule has 2 heterocycles. The summed E-state index contributed by atoms with van der Waals surface area (Å²) in [7, 11) is 3.52. The number of likely N-dealkylation sites (N-methyl/N-ethyl adjacent to an activating group) is 1. The second kappa shape index (κ2) is 7.76. The molecule has 1 aromatic heterocycles. The molecular formula is C16H21N5O2S. The number of hydrogen-bond acceptors (Lipinski definition) is 6. The predicted octanol–water partition coefficient (Wildman–Crippen LogP) is 1.77. The van der Waals surface area contributed by atoms with E-state index >= 15 is 0 Å². The first-order chi connectivity index (χ1) is 11.6. The van der Waals surface area contributed by atoms with Crippen LogP contribution in [0.5, 0.6) is 0 Å². The number of amides is 1. The number of ether oxygens (including phenoxy) is 1. The average molecular weight is 347 g/mol. The van der Waals surface area contributed by atoms with Gasteiger partial charge in [0.15, 0.2) is 0 Å². The summed E-state index contributed by atoms with van der Waals surface area (Å²) in [5.41, 5.74) is 0.938. The van der Waals surface area contributed by atoms with Gasteiger partial charge in [0.05, 0.1) is 12.6 Å². The van der Waals surface area contributed by atoms with Crippen molar-refractivity contribution < 1.29 is 9.53 Å². The van der Waals surface area contributed by atoms with Crippen LogP contribution in [-0.2, 0) is 16.1 Å². The second-order valence-corrected chi connectivity index (χ2v) is 6.99. The molecule has 1 saturated heterocycles. The Morgan fingerprint density at radius 3 is 2.88 bits per heavy atom. The van der Waals surface area contributed by atoms with Gasteiger partial charge in [-0.25, -0.2) is 4.68 Å². The second-order valence-electron chi connectivity index (χ2n) is 5.92. The fourth-order valence-corrected chi connectivity index (χ4v) is 3.74. The molecule has 1 aliphatic rings. The van der Waals surface area contributed by atoms with E-state index in [-0.39, 0.29) is 17.3 Å². The molecule has 2 aromatic rings. The van der Waals surface area contributed by atoms with Crippen molar-refractivity contribution in [1.29, 1.82) is 0 Å². The van der Waals surface area contributed by atoms with Crippen LogP contribution in [0, 0.1) is 0 Å². The van der Waals surface area contributed by atoms with Crippen molar-refractivity contribution in [3.63, 3.8) is 0 Å². The molecule has 1 aromatic carbocycles. The number of tetrazole rings is 1. The van der Waals surface area contributed by atoms with Gasteiger partial charge in [-0.2, -0.15) is 0 Å². The molecule has 1 amide bonds. The first-order valence-corrected chi connectivity index (χ1v) is 8.83. The van der Waals surface area contributed by atoms with E-state index in [0.717, 1.165) is 25.0 Å². The van der Waals surface area contributed by atoms with Crippen molar-refractivity contribution in [2.45, 2.75) is 35.9 Å². The Bertz CT molecular complexity index is 670. The highest BCUT2D eigenvalue weighted by atomic mass is 32.2. The summed E-state index contributed by atoms with van der Waals surface area (Å²) < 4.78 is 7.39. The molecular weight excluding hydrogens is 326 g/mol. The monoisotopic (exact) mass is 347 g/mol. The van der Waals surface area contributed by atoms with Crippen LogP contribution >= 0.6 is 11.8 Å². The van der Waals surface area contributed by atoms with Crippen LogP contribution in [0.2, 0.25) is 0 Å². The minimum Gasteiger partial charge on any atom is -0.376 e. The summed E-state index contributed by atoms with van der Waals surface area (Å²) >= 11 is 1.37. The summed E-state index contributed by atoms with van der Waals surface area (Å²) in [5, 5.41) is 12.2. The number of benzene rings is 1. The van der Waals surface area contributed by atoms with E-state index in [1.807, 2.05) is 30.3 Å².